The van der Waals surface area contributed by atoms with Crippen LogP contribution in [0.1, 0.15) is 48.0 Å². The zero-order valence-electron chi connectivity index (χ0n) is 15.8. The Morgan fingerprint density at radius 3 is 2.74 bits per heavy atom. The number of anilines is 1. The number of amides is 3. The van der Waals surface area contributed by atoms with Crippen molar-refractivity contribution in [3.63, 3.8) is 0 Å². The maximum absolute atomic E-state index is 12.8. The largest absolute Gasteiger partial charge is 0.370 e. The molecule has 144 valence electrons. The molecule has 1 unspecified atom stereocenters. The van der Waals surface area contributed by atoms with E-state index in [-0.39, 0.29) is 24.1 Å². The number of nitrogens with zero attached hydrogens (tertiary/aromatic N) is 2. The van der Waals surface area contributed by atoms with Gasteiger partial charge in [0.25, 0.3) is 5.91 Å². The molecule has 4 rings (SSSR count). The third-order valence-electron chi connectivity index (χ3n) is 6.26. The monoisotopic (exact) mass is 370 g/mol. The van der Waals surface area contributed by atoms with Gasteiger partial charge in [-0.1, -0.05) is 0 Å². The van der Waals surface area contributed by atoms with Crippen LogP contribution in [-0.4, -0.2) is 54.8 Å². The third kappa shape index (κ3) is 3.10. The number of rotatable bonds is 4. The molecule has 3 amide bonds. The molecule has 2 aliphatic heterocycles. The predicted molar refractivity (Wildman–Crippen MR) is 101 cm³/mol. The highest BCUT2D eigenvalue weighted by Gasteiger charge is 2.39. The van der Waals surface area contributed by atoms with E-state index < -0.39 is 6.04 Å². The Bertz CT molecular complexity index is 793. The van der Waals surface area contributed by atoms with Crippen molar-refractivity contribution in [2.75, 3.05) is 19.0 Å². The molecule has 1 aromatic rings. The van der Waals surface area contributed by atoms with Gasteiger partial charge in [0.05, 0.1) is 0 Å². The molecule has 2 N–H and O–H groups in total. The summed E-state index contributed by atoms with van der Waals surface area (Å²) in [5.41, 5.74) is 2.71. The van der Waals surface area contributed by atoms with Crippen LogP contribution < -0.4 is 15.5 Å². The lowest BCUT2D eigenvalue weighted by Crippen LogP contribution is -2.52. The summed E-state index contributed by atoms with van der Waals surface area (Å²) in [5.74, 6) is -0.754. The highest BCUT2D eigenvalue weighted by molar-refractivity contribution is 6.05. The van der Waals surface area contributed by atoms with Crippen LogP contribution in [0.25, 0.3) is 0 Å². The molecule has 1 saturated carbocycles. The van der Waals surface area contributed by atoms with E-state index in [1.54, 1.807) is 4.90 Å². The first-order valence-corrected chi connectivity index (χ1v) is 9.67. The Morgan fingerprint density at radius 1 is 1.19 bits per heavy atom. The molecule has 0 spiro atoms. The lowest BCUT2D eigenvalue weighted by atomic mass is 10.0. The fraction of sp³-hybridized carbons (Fsp3) is 0.550. The second-order valence-corrected chi connectivity index (χ2v) is 7.75. The molecule has 7 nitrogen and oxygen atoms in total. The lowest BCUT2D eigenvalue weighted by molar-refractivity contribution is -0.136. The highest BCUT2D eigenvalue weighted by Crippen LogP contribution is 2.33. The molecule has 1 aromatic carbocycles. The number of hydrogen-bond acceptors (Lipinski definition) is 5. The second kappa shape index (κ2) is 6.96. The molecule has 3 atom stereocenters. The van der Waals surface area contributed by atoms with E-state index in [1.807, 2.05) is 19.2 Å². The molecule has 1 saturated heterocycles. The number of hydrogen-bond donors (Lipinski definition) is 2. The minimum absolute atomic E-state index is 0.123. The number of carbonyl (C=O) groups excluding carboxylic acids is 3. The molecule has 1 aliphatic carbocycles. The van der Waals surface area contributed by atoms with Gasteiger partial charge in [-0.05, 0) is 56.5 Å². The van der Waals surface area contributed by atoms with Gasteiger partial charge in [-0.2, -0.15) is 0 Å². The van der Waals surface area contributed by atoms with E-state index in [2.05, 4.69) is 28.6 Å². The lowest BCUT2D eigenvalue weighted by Gasteiger charge is -2.31. The Morgan fingerprint density at radius 2 is 2.00 bits per heavy atom. The van der Waals surface area contributed by atoms with E-state index >= 15 is 0 Å². The molecule has 0 aromatic heterocycles. The number of nitrogens with one attached hydrogen (secondary N) is 2. The van der Waals surface area contributed by atoms with Gasteiger partial charge in [0, 0.05) is 43.3 Å². The van der Waals surface area contributed by atoms with E-state index in [1.165, 1.54) is 12.8 Å². The third-order valence-corrected chi connectivity index (χ3v) is 6.26. The van der Waals surface area contributed by atoms with Crippen LogP contribution in [0.5, 0.6) is 0 Å². The fourth-order valence-corrected chi connectivity index (χ4v) is 4.71. The maximum atomic E-state index is 12.8. The second-order valence-electron chi connectivity index (χ2n) is 7.75. The van der Waals surface area contributed by atoms with Crippen molar-refractivity contribution in [1.82, 2.24) is 15.5 Å². The van der Waals surface area contributed by atoms with Crippen molar-refractivity contribution < 1.29 is 14.4 Å². The quantitative estimate of drug-likeness (QED) is 0.774. The van der Waals surface area contributed by atoms with Gasteiger partial charge in [0.1, 0.15) is 6.04 Å². The van der Waals surface area contributed by atoms with Crippen molar-refractivity contribution in [2.24, 2.45) is 0 Å². The van der Waals surface area contributed by atoms with Crippen LogP contribution in [0.15, 0.2) is 18.2 Å². The summed E-state index contributed by atoms with van der Waals surface area (Å²) in [5, 5.41) is 5.75. The number of imide groups is 1. The molecule has 0 bridgehead atoms. The summed E-state index contributed by atoms with van der Waals surface area (Å²) in [6, 6.07) is 6.30. The van der Waals surface area contributed by atoms with Gasteiger partial charge in [0.2, 0.25) is 11.8 Å². The summed E-state index contributed by atoms with van der Waals surface area (Å²) >= 11 is 0. The van der Waals surface area contributed by atoms with E-state index in [9.17, 15) is 14.4 Å². The van der Waals surface area contributed by atoms with Crippen molar-refractivity contribution in [3.05, 3.63) is 29.3 Å². The van der Waals surface area contributed by atoms with Crippen LogP contribution in [0.2, 0.25) is 0 Å². The first-order chi connectivity index (χ1) is 13.0. The van der Waals surface area contributed by atoms with Gasteiger partial charge in [-0.25, -0.2) is 0 Å². The standard InChI is InChI=1S/C20H26N4O3/c1-21-15-4-3-5-16(15)23(2)13-6-7-14-12(10-13)11-24(20(14)27)17-8-9-18(25)22-19(17)26/h6-7,10,15-17,21H,3-5,8-9,11H2,1-2H3,(H,22,25,26)/t15-,16-,17?/m1/s1. The zero-order valence-corrected chi connectivity index (χ0v) is 15.8. The van der Waals surface area contributed by atoms with Crippen LogP contribution in [0.3, 0.4) is 0 Å². The van der Waals surface area contributed by atoms with E-state index in [0.717, 1.165) is 17.7 Å². The first-order valence-electron chi connectivity index (χ1n) is 9.67. The molecule has 0 radical (unpaired) electrons. The number of carbonyl (C=O) groups is 3. The summed E-state index contributed by atoms with van der Waals surface area (Å²) in [6.45, 7) is 0.419. The molecule has 27 heavy (non-hydrogen) atoms. The topological polar surface area (TPSA) is 81.8 Å². The van der Waals surface area contributed by atoms with Gasteiger partial charge in [-0.15, -0.1) is 0 Å². The van der Waals surface area contributed by atoms with Crippen molar-refractivity contribution >= 4 is 23.4 Å². The smallest absolute Gasteiger partial charge is 0.255 e. The first kappa shape index (κ1) is 18.0. The molecule has 2 heterocycles. The van der Waals surface area contributed by atoms with Gasteiger partial charge >= 0.3 is 0 Å². The number of piperidine rings is 1. The number of fused-ring (bicyclic) bond motifs is 1. The highest BCUT2D eigenvalue weighted by atomic mass is 16.2. The molecular formula is C20H26N4O3. The average molecular weight is 370 g/mol. The normalized spacial score (nSPS) is 27.7. The molecule has 7 heteroatoms. The summed E-state index contributed by atoms with van der Waals surface area (Å²) in [4.78, 5) is 40.2. The number of benzene rings is 1. The minimum atomic E-state index is -0.563. The maximum Gasteiger partial charge on any atom is 0.255 e. The Hall–Kier alpha value is -2.41. The molecule has 2 fully saturated rings. The zero-order chi connectivity index (χ0) is 19.1. The minimum Gasteiger partial charge on any atom is -0.370 e. The number of likely N-dealkylation sites (N-methyl/N-ethyl adjacent to an activating group) is 2. The van der Waals surface area contributed by atoms with Crippen LogP contribution in [0.4, 0.5) is 5.69 Å². The van der Waals surface area contributed by atoms with Gasteiger partial charge < -0.3 is 15.1 Å². The van der Waals surface area contributed by atoms with Gasteiger partial charge in [0.15, 0.2) is 0 Å². The van der Waals surface area contributed by atoms with E-state index in [4.69, 9.17) is 0 Å². The average Bonchev–Trinajstić information content (AvgIpc) is 3.25. The Balaban J connectivity index is 1.54. The van der Waals surface area contributed by atoms with Crippen molar-refractivity contribution in [1.29, 1.82) is 0 Å². The Kier molecular flexibility index (Phi) is 4.63. The van der Waals surface area contributed by atoms with Crippen LogP contribution in [-0.2, 0) is 16.1 Å². The van der Waals surface area contributed by atoms with Crippen molar-refractivity contribution in [3.8, 4) is 0 Å². The molecule has 3 aliphatic rings. The van der Waals surface area contributed by atoms with E-state index in [0.29, 0.717) is 30.6 Å². The predicted octanol–water partition coefficient (Wildman–Crippen LogP) is 1.02. The van der Waals surface area contributed by atoms with Crippen molar-refractivity contribution in [2.45, 2.75) is 56.8 Å². The molecular weight excluding hydrogens is 344 g/mol. The summed E-state index contributed by atoms with van der Waals surface area (Å²) in [6.07, 6.45) is 4.21. The summed E-state index contributed by atoms with van der Waals surface area (Å²) in [7, 11) is 4.12. The SMILES string of the molecule is CN[C@@H]1CCC[C@H]1N(C)c1ccc2c(c1)CN(C1CCC(=O)NC1=O)C2=O. The van der Waals surface area contributed by atoms with Gasteiger partial charge in [-0.3, -0.25) is 19.7 Å². The summed E-state index contributed by atoms with van der Waals surface area (Å²) < 4.78 is 0. The fourth-order valence-electron chi connectivity index (χ4n) is 4.71. The van der Waals surface area contributed by atoms with Crippen LogP contribution >= 0.6 is 0 Å². The van der Waals surface area contributed by atoms with Crippen LogP contribution in [0, 0.1) is 0 Å². The Labute approximate surface area is 159 Å².